The number of hydrogen-bond donors (Lipinski definition) is 0. The van der Waals surface area contributed by atoms with Crippen molar-refractivity contribution in [2.75, 3.05) is 0 Å². The van der Waals surface area contributed by atoms with Crippen molar-refractivity contribution < 1.29 is 4.79 Å². The Bertz CT molecular complexity index is 968. The van der Waals surface area contributed by atoms with Crippen molar-refractivity contribution in [3.63, 3.8) is 0 Å². The number of aromatic nitrogens is 2. The molecule has 7 heteroatoms. The summed E-state index contributed by atoms with van der Waals surface area (Å²) in [5.74, 6) is 0.0217. The summed E-state index contributed by atoms with van der Waals surface area (Å²) in [5, 5.41) is 2.60. The Morgan fingerprint density at radius 1 is 1.46 bits per heavy atom. The topological polar surface area (TPSA) is 55.2 Å². The van der Waals surface area contributed by atoms with E-state index in [9.17, 15) is 9.59 Å². The highest BCUT2D eigenvalue weighted by atomic mass is 32.1. The van der Waals surface area contributed by atoms with Gasteiger partial charge in [0.1, 0.15) is 4.83 Å². The molecule has 0 atom stereocenters. The molecule has 4 rings (SSSR count). The Morgan fingerprint density at radius 2 is 2.25 bits per heavy atom. The number of rotatable bonds is 4. The summed E-state index contributed by atoms with van der Waals surface area (Å²) in [7, 11) is 1.68. The van der Waals surface area contributed by atoms with Gasteiger partial charge in [0.05, 0.1) is 23.1 Å². The highest BCUT2D eigenvalue weighted by Crippen LogP contribution is 2.34. The number of aryl methyl sites for hydroxylation is 2. The molecule has 0 spiro atoms. The summed E-state index contributed by atoms with van der Waals surface area (Å²) in [6.07, 6.45) is 3.63. The minimum atomic E-state index is -0.0935. The SMILES string of the molecule is Cc1c(C(=O)N(Cc2cccs2)C2CC2)sc2ncn(C)c(=O)c12. The van der Waals surface area contributed by atoms with E-state index in [1.54, 1.807) is 18.4 Å². The van der Waals surface area contributed by atoms with Gasteiger partial charge >= 0.3 is 0 Å². The number of hydrogen-bond acceptors (Lipinski definition) is 5. The van der Waals surface area contributed by atoms with E-state index in [1.165, 1.54) is 27.1 Å². The second kappa shape index (κ2) is 5.82. The Kier molecular flexibility index (Phi) is 3.77. The quantitative estimate of drug-likeness (QED) is 0.719. The largest absolute Gasteiger partial charge is 0.330 e. The summed E-state index contributed by atoms with van der Waals surface area (Å²) < 4.78 is 1.46. The standard InChI is InChI=1S/C17H17N3O2S2/c1-10-13-15(18-9-19(2)16(13)21)24-14(10)17(22)20(11-5-6-11)8-12-4-3-7-23-12/h3-4,7,9,11H,5-6,8H2,1-2H3. The number of fused-ring (bicyclic) bond motifs is 1. The molecule has 124 valence electrons. The lowest BCUT2D eigenvalue weighted by Crippen LogP contribution is -2.32. The van der Waals surface area contributed by atoms with Crippen molar-refractivity contribution in [2.24, 2.45) is 7.05 Å². The Hall–Kier alpha value is -1.99. The molecule has 5 nitrogen and oxygen atoms in total. The molecular formula is C17H17N3O2S2. The third-order valence-corrected chi connectivity index (χ3v) is 6.41. The molecule has 1 aliphatic rings. The Balaban J connectivity index is 1.75. The zero-order valence-corrected chi connectivity index (χ0v) is 15.1. The molecule has 0 saturated heterocycles. The molecule has 1 saturated carbocycles. The maximum atomic E-state index is 13.1. The Labute approximate surface area is 147 Å². The van der Waals surface area contributed by atoms with Crippen molar-refractivity contribution in [1.29, 1.82) is 0 Å². The first-order valence-corrected chi connectivity index (χ1v) is 9.54. The van der Waals surface area contributed by atoms with Gasteiger partial charge in [-0.15, -0.1) is 22.7 Å². The van der Waals surface area contributed by atoms with Crippen LogP contribution in [0.15, 0.2) is 28.6 Å². The van der Waals surface area contributed by atoms with Gasteiger partial charge in [0.15, 0.2) is 0 Å². The minimum Gasteiger partial charge on any atom is -0.330 e. The van der Waals surface area contributed by atoms with Gasteiger partial charge in [-0.2, -0.15) is 0 Å². The smallest absolute Gasteiger partial charge is 0.264 e. The maximum Gasteiger partial charge on any atom is 0.264 e. The molecule has 0 bridgehead atoms. The third kappa shape index (κ3) is 2.57. The van der Waals surface area contributed by atoms with Gasteiger partial charge in [-0.1, -0.05) is 6.07 Å². The van der Waals surface area contributed by atoms with E-state index in [2.05, 4.69) is 11.1 Å². The lowest BCUT2D eigenvalue weighted by atomic mass is 10.2. The van der Waals surface area contributed by atoms with Crippen LogP contribution in [0.5, 0.6) is 0 Å². The molecule has 1 amide bonds. The van der Waals surface area contributed by atoms with Gasteiger partial charge in [0.2, 0.25) is 0 Å². The highest BCUT2D eigenvalue weighted by Gasteiger charge is 2.35. The highest BCUT2D eigenvalue weighted by molar-refractivity contribution is 7.20. The zero-order valence-electron chi connectivity index (χ0n) is 13.5. The van der Waals surface area contributed by atoms with Crippen molar-refractivity contribution >= 4 is 38.8 Å². The zero-order chi connectivity index (χ0) is 16.8. The summed E-state index contributed by atoms with van der Waals surface area (Å²) in [6, 6.07) is 4.39. The summed E-state index contributed by atoms with van der Waals surface area (Å²) in [4.78, 5) is 34.2. The fourth-order valence-corrected chi connectivity index (χ4v) is 4.66. The van der Waals surface area contributed by atoms with Crippen LogP contribution in [0.4, 0.5) is 0 Å². The molecule has 0 N–H and O–H groups in total. The van der Waals surface area contributed by atoms with E-state index < -0.39 is 0 Å². The van der Waals surface area contributed by atoms with Crippen molar-refractivity contribution in [2.45, 2.75) is 32.4 Å². The van der Waals surface area contributed by atoms with Crippen LogP contribution in [-0.2, 0) is 13.6 Å². The van der Waals surface area contributed by atoms with Gasteiger partial charge in [0, 0.05) is 18.0 Å². The molecule has 3 aromatic heterocycles. The lowest BCUT2D eigenvalue weighted by Gasteiger charge is -2.21. The molecule has 0 unspecified atom stereocenters. The normalized spacial score (nSPS) is 14.2. The molecule has 0 aromatic carbocycles. The van der Waals surface area contributed by atoms with Gasteiger partial charge in [-0.3, -0.25) is 9.59 Å². The first-order chi connectivity index (χ1) is 11.6. The van der Waals surface area contributed by atoms with Crippen LogP contribution < -0.4 is 5.56 Å². The molecular weight excluding hydrogens is 342 g/mol. The predicted octanol–water partition coefficient (Wildman–Crippen LogP) is 3.17. The molecule has 24 heavy (non-hydrogen) atoms. The first-order valence-electron chi connectivity index (χ1n) is 7.84. The van der Waals surface area contributed by atoms with Crippen molar-refractivity contribution in [3.05, 3.63) is 49.5 Å². The van der Waals surface area contributed by atoms with Crippen LogP contribution in [0.1, 0.15) is 33.0 Å². The summed E-state index contributed by atoms with van der Waals surface area (Å²) in [5.41, 5.74) is 0.662. The molecule has 1 fully saturated rings. The third-order valence-electron chi connectivity index (χ3n) is 4.36. The fourth-order valence-electron chi connectivity index (χ4n) is 2.87. The van der Waals surface area contributed by atoms with E-state index in [0.29, 0.717) is 27.7 Å². The molecule has 0 aliphatic heterocycles. The average molecular weight is 359 g/mol. The number of amides is 1. The van der Waals surface area contributed by atoms with Crippen molar-refractivity contribution in [3.8, 4) is 0 Å². The predicted molar refractivity (Wildman–Crippen MR) is 96.8 cm³/mol. The van der Waals surface area contributed by atoms with E-state index in [4.69, 9.17) is 0 Å². The summed E-state index contributed by atoms with van der Waals surface area (Å²) in [6.45, 7) is 2.49. The average Bonchev–Trinajstić information content (AvgIpc) is 3.17. The van der Waals surface area contributed by atoms with E-state index in [0.717, 1.165) is 18.4 Å². The van der Waals surface area contributed by atoms with Gasteiger partial charge in [0.25, 0.3) is 11.5 Å². The number of thiophene rings is 2. The van der Waals surface area contributed by atoms with Crippen molar-refractivity contribution in [1.82, 2.24) is 14.5 Å². The van der Waals surface area contributed by atoms with Crippen LogP contribution in [-0.4, -0.2) is 26.4 Å². The Morgan fingerprint density at radius 3 is 2.92 bits per heavy atom. The molecule has 0 radical (unpaired) electrons. The summed E-state index contributed by atoms with van der Waals surface area (Å²) >= 11 is 3.00. The van der Waals surface area contributed by atoms with Crippen LogP contribution >= 0.6 is 22.7 Å². The minimum absolute atomic E-state index is 0.0217. The van der Waals surface area contributed by atoms with Crippen LogP contribution in [0.3, 0.4) is 0 Å². The van der Waals surface area contributed by atoms with Crippen LogP contribution in [0, 0.1) is 6.92 Å². The monoisotopic (exact) mass is 359 g/mol. The van der Waals surface area contributed by atoms with E-state index in [1.807, 2.05) is 23.3 Å². The molecule has 1 aliphatic carbocycles. The second-order valence-electron chi connectivity index (χ2n) is 6.14. The molecule has 3 heterocycles. The fraction of sp³-hybridized carbons (Fsp3) is 0.353. The van der Waals surface area contributed by atoms with Gasteiger partial charge in [-0.05, 0) is 36.8 Å². The second-order valence-corrected chi connectivity index (χ2v) is 8.17. The number of carbonyl (C=O) groups excluding carboxylic acids is 1. The number of nitrogens with zero attached hydrogens (tertiary/aromatic N) is 3. The van der Waals surface area contributed by atoms with Gasteiger partial charge < -0.3 is 9.47 Å². The number of carbonyl (C=O) groups is 1. The van der Waals surface area contributed by atoms with E-state index in [-0.39, 0.29) is 11.5 Å². The van der Waals surface area contributed by atoms with Crippen LogP contribution in [0.25, 0.3) is 10.2 Å². The molecule has 3 aromatic rings. The maximum absolute atomic E-state index is 13.1. The van der Waals surface area contributed by atoms with E-state index >= 15 is 0 Å². The van der Waals surface area contributed by atoms with Crippen LogP contribution in [0.2, 0.25) is 0 Å². The van der Waals surface area contributed by atoms with Gasteiger partial charge in [-0.25, -0.2) is 4.98 Å². The first kappa shape index (κ1) is 15.5. The lowest BCUT2D eigenvalue weighted by molar-refractivity contribution is 0.0736.